The number of thioether (sulfide) groups is 1. The third-order valence-electron chi connectivity index (χ3n) is 5.52. The van der Waals surface area contributed by atoms with E-state index >= 15 is 0 Å². The van der Waals surface area contributed by atoms with Crippen LogP contribution >= 0.6 is 11.8 Å². The Morgan fingerprint density at radius 2 is 1.83 bits per heavy atom. The fourth-order valence-corrected chi connectivity index (χ4v) is 5.10. The molecule has 1 aliphatic rings. The van der Waals surface area contributed by atoms with Crippen molar-refractivity contribution in [2.75, 3.05) is 20.7 Å². The molecule has 35 heavy (non-hydrogen) atoms. The molecule has 4 N–H and O–H groups in total. The highest BCUT2D eigenvalue weighted by atomic mass is 32.2. The molecular formula is C21H27F3N4O6S. The molecule has 1 aromatic heterocycles. The molecule has 1 aromatic carbocycles. The summed E-state index contributed by atoms with van der Waals surface area (Å²) in [5.41, 5.74) is -2.93. The quantitative estimate of drug-likeness (QED) is 0.380. The molecule has 6 atom stereocenters. The van der Waals surface area contributed by atoms with E-state index in [-0.39, 0.29) is 11.3 Å². The zero-order valence-corrected chi connectivity index (χ0v) is 20.2. The fourth-order valence-electron chi connectivity index (χ4n) is 3.65. The number of hydrogen-bond donors (Lipinski definition) is 4. The van der Waals surface area contributed by atoms with Crippen LogP contribution in [-0.4, -0.2) is 102 Å². The third kappa shape index (κ3) is 5.62. The summed E-state index contributed by atoms with van der Waals surface area (Å²) in [6.07, 6.45) is -3.03. The van der Waals surface area contributed by atoms with Gasteiger partial charge in [0.05, 0.1) is 18.4 Å². The zero-order valence-electron chi connectivity index (χ0n) is 19.3. The number of aliphatic hydroxyl groups excluding tert-OH is 3. The van der Waals surface area contributed by atoms with E-state index in [4.69, 9.17) is 4.74 Å². The van der Waals surface area contributed by atoms with Crippen LogP contribution in [0, 0.1) is 17.5 Å². The highest BCUT2D eigenvalue weighted by Crippen LogP contribution is 2.39. The van der Waals surface area contributed by atoms with E-state index in [1.54, 1.807) is 0 Å². The molecule has 0 radical (unpaired) electrons. The van der Waals surface area contributed by atoms with Crippen LogP contribution in [0.15, 0.2) is 18.3 Å². The van der Waals surface area contributed by atoms with Gasteiger partial charge in [0.15, 0.2) is 17.5 Å². The highest BCUT2D eigenvalue weighted by molar-refractivity contribution is 8.01. The maximum Gasteiger partial charge on any atom is 0.238 e. The van der Waals surface area contributed by atoms with Crippen LogP contribution in [0.3, 0.4) is 0 Å². The van der Waals surface area contributed by atoms with Gasteiger partial charge in [-0.3, -0.25) is 4.79 Å². The van der Waals surface area contributed by atoms with Crippen LogP contribution in [0.2, 0.25) is 0 Å². The topological polar surface area (TPSA) is 141 Å². The van der Waals surface area contributed by atoms with Crippen LogP contribution in [0.25, 0.3) is 11.3 Å². The largest absolute Gasteiger partial charge is 0.394 e. The Hall–Kier alpha value is -2.23. The van der Waals surface area contributed by atoms with Gasteiger partial charge in [-0.1, -0.05) is 5.21 Å². The van der Waals surface area contributed by atoms with Gasteiger partial charge in [-0.25, -0.2) is 17.9 Å². The lowest BCUT2D eigenvalue weighted by Crippen LogP contribution is -2.56. The molecule has 1 saturated heterocycles. The summed E-state index contributed by atoms with van der Waals surface area (Å²) < 4.78 is 47.3. The van der Waals surface area contributed by atoms with Gasteiger partial charge in [0.1, 0.15) is 40.7 Å². The number of hydrogen-bond acceptors (Lipinski definition) is 9. The molecule has 3 rings (SSSR count). The maximum atomic E-state index is 13.7. The van der Waals surface area contributed by atoms with E-state index in [0.29, 0.717) is 0 Å². The molecule has 1 amide bonds. The van der Waals surface area contributed by atoms with Crippen molar-refractivity contribution >= 4 is 17.7 Å². The number of carbonyl (C=O) groups excluding carboxylic acids is 1. The Morgan fingerprint density at radius 1 is 1.23 bits per heavy atom. The minimum atomic E-state index is -1.64. The van der Waals surface area contributed by atoms with Gasteiger partial charge in [0.25, 0.3) is 0 Å². The van der Waals surface area contributed by atoms with Crippen LogP contribution in [0.1, 0.15) is 19.9 Å². The predicted molar refractivity (Wildman–Crippen MR) is 119 cm³/mol. The minimum absolute atomic E-state index is 0.0735. The molecule has 1 fully saturated rings. The van der Waals surface area contributed by atoms with Crippen LogP contribution in [0.5, 0.6) is 0 Å². The highest BCUT2D eigenvalue weighted by Gasteiger charge is 2.49. The zero-order chi connectivity index (χ0) is 26.2. The molecule has 0 spiro atoms. The first kappa shape index (κ1) is 27.4. The summed E-state index contributed by atoms with van der Waals surface area (Å²) in [5.74, 6) is -4.96. The lowest BCUT2D eigenvalue weighted by molar-refractivity contribution is -0.179. The number of rotatable bonds is 7. The van der Waals surface area contributed by atoms with Crippen molar-refractivity contribution in [2.24, 2.45) is 0 Å². The Balaban J connectivity index is 1.94. The summed E-state index contributed by atoms with van der Waals surface area (Å²) in [6, 6.07) is 0.186. The predicted octanol–water partition coefficient (Wildman–Crippen LogP) is 0.303. The first-order valence-corrected chi connectivity index (χ1v) is 11.5. The number of aromatic nitrogens is 3. The molecule has 2 aromatic rings. The van der Waals surface area contributed by atoms with Gasteiger partial charge < -0.3 is 30.1 Å². The summed E-state index contributed by atoms with van der Waals surface area (Å²) in [7, 11) is 3.00. The van der Waals surface area contributed by atoms with Crippen LogP contribution in [0.4, 0.5) is 13.2 Å². The summed E-state index contributed by atoms with van der Waals surface area (Å²) in [4.78, 5) is 13.9. The third-order valence-corrected chi connectivity index (χ3v) is 7.23. The summed E-state index contributed by atoms with van der Waals surface area (Å²) in [5, 5.41) is 48.6. The lowest BCUT2D eigenvalue weighted by atomic mass is 9.97. The number of aliphatic hydroxyl groups is 4. The van der Waals surface area contributed by atoms with Crippen molar-refractivity contribution in [2.45, 2.75) is 54.5 Å². The number of ether oxygens (including phenoxy) is 1. The van der Waals surface area contributed by atoms with Crippen molar-refractivity contribution in [1.82, 2.24) is 19.9 Å². The lowest BCUT2D eigenvalue weighted by Gasteiger charge is -2.43. The second-order valence-electron chi connectivity index (χ2n) is 8.94. The molecule has 0 aliphatic carbocycles. The first-order valence-electron chi connectivity index (χ1n) is 10.5. The molecule has 0 bridgehead atoms. The Bertz CT molecular complexity index is 1040. The van der Waals surface area contributed by atoms with E-state index in [2.05, 4.69) is 10.3 Å². The van der Waals surface area contributed by atoms with Crippen molar-refractivity contribution in [3.63, 3.8) is 0 Å². The molecule has 2 heterocycles. The smallest absolute Gasteiger partial charge is 0.238 e. The normalized spacial score (nSPS) is 26.0. The summed E-state index contributed by atoms with van der Waals surface area (Å²) >= 11 is 0.807. The van der Waals surface area contributed by atoms with Gasteiger partial charge in [0, 0.05) is 19.7 Å². The van der Waals surface area contributed by atoms with Gasteiger partial charge in [-0.05, 0) is 26.0 Å². The molecule has 194 valence electrons. The first-order chi connectivity index (χ1) is 16.3. The molecule has 14 heteroatoms. The average molecular weight is 521 g/mol. The second-order valence-corrected chi connectivity index (χ2v) is 10.1. The van der Waals surface area contributed by atoms with Gasteiger partial charge in [0.2, 0.25) is 5.91 Å². The molecule has 0 saturated carbocycles. The number of halogens is 3. The molecule has 1 aliphatic heterocycles. The van der Waals surface area contributed by atoms with E-state index in [0.717, 1.165) is 28.6 Å². The van der Waals surface area contributed by atoms with Crippen LogP contribution in [-0.2, 0) is 9.53 Å². The number of amides is 1. The van der Waals surface area contributed by atoms with Gasteiger partial charge >= 0.3 is 0 Å². The average Bonchev–Trinajstić information content (AvgIpc) is 3.25. The maximum absolute atomic E-state index is 13.7. The van der Waals surface area contributed by atoms with Crippen molar-refractivity contribution in [3.8, 4) is 11.3 Å². The number of nitrogens with zero attached hydrogens (tertiary/aromatic N) is 4. The van der Waals surface area contributed by atoms with Crippen molar-refractivity contribution in [1.29, 1.82) is 0 Å². The number of benzene rings is 1. The molecular weight excluding hydrogens is 493 g/mol. The van der Waals surface area contributed by atoms with E-state index in [9.17, 15) is 38.4 Å². The fraction of sp³-hybridized carbons (Fsp3) is 0.571. The van der Waals surface area contributed by atoms with E-state index in [1.165, 1.54) is 39.0 Å². The number of carbonyl (C=O) groups is 1. The van der Waals surface area contributed by atoms with Gasteiger partial charge in [-0.15, -0.1) is 16.9 Å². The Morgan fingerprint density at radius 3 is 2.34 bits per heavy atom. The molecule has 10 nitrogen and oxygen atoms in total. The monoisotopic (exact) mass is 520 g/mol. The van der Waals surface area contributed by atoms with Gasteiger partial charge in [-0.2, -0.15) is 0 Å². The van der Waals surface area contributed by atoms with E-state index in [1.807, 2.05) is 0 Å². The Labute approximate surface area is 203 Å². The minimum Gasteiger partial charge on any atom is -0.394 e. The second kappa shape index (κ2) is 10.4. The standard InChI is InChI=1S/C21H27F3N4O6S/c1-21(2,33)18(19(32)27(3)4)35-20-17(31)15(16(30)13(8-29)34-20)28-7-12(25-26-28)9-5-10(22)14(24)11(23)6-9/h5-7,13,15-18,20,29-31,33H,8H2,1-4H3/t13-,15+,16+,17-,18-,20+/m1/s1. The molecule has 0 unspecified atom stereocenters. The SMILES string of the molecule is CN(C)C(=O)[C@@H](S[C@@H]1O[C@H](CO)[C@H](O)[C@H](n2cc(-c3cc(F)c(F)c(F)c3)nn2)[C@H]1O)C(C)(C)O. The Kier molecular flexibility index (Phi) is 8.13. The van der Waals surface area contributed by atoms with Crippen molar-refractivity contribution in [3.05, 3.63) is 35.8 Å². The van der Waals surface area contributed by atoms with Crippen LogP contribution < -0.4 is 0 Å². The summed E-state index contributed by atoms with van der Waals surface area (Å²) in [6.45, 7) is 2.19. The van der Waals surface area contributed by atoms with Crippen molar-refractivity contribution < 1.29 is 43.1 Å². The van der Waals surface area contributed by atoms with E-state index < -0.39 is 70.6 Å².